The monoisotopic (exact) mass is 211 g/mol. The minimum atomic E-state index is -0.396. The minimum absolute atomic E-state index is 0.236. The standard InChI is InChI=1S/C8H6FN3OS/c9-5-1-2-7(6(10)3-5)13-8-11-4-12-14-8/h1-4H,10H2. The van der Waals surface area contributed by atoms with Crippen molar-refractivity contribution in [1.29, 1.82) is 0 Å². The van der Waals surface area contributed by atoms with Crippen molar-refractivity contribution in [2.45, 2.75) is 0 Å². The number of nitrogens with zero attached hydrogens (tertiary/aromatic N) is 2. The van der Waals surface area contributed by atoms with Crippen molar-refractivity contribution >= 4 is 17.2 Å². The van der Waals surface area contributed by atoms with Gasteiger partial charge in [0.25, 0.3) is 5.19 Å². The molecule has 0 fully saturated rings. The summed E-state index contributed by atoms with van der Waals surface area (Å²) in [6.07, 6.45) is 1.37. The van der Waals surface area contributed by atoms with Crippen LogP contribution in [0.25, 0.3) is 0 Å². The Morgan fingerprint density at radius 1 is 1.43 bits per heavy atom. The first kappa shape index (κ1) is 8.89. The molecule has 72 valence electrons. The summed E-state index contributed by atoms with van der Waals surface area (Å²) >= 11 is 1.10. The molecule has 0 aliphatic heterocycles. The van der Waals surface area contributed by atoms with Gasteiger partial charge in [0.2, 0.25) is 0 Å². The van der Waals surface area contributed by atoms with Crippen LogP contribution in [0.1, 0.15) is 0 Å². The summed E-state index contributed by atoms with van der Waals surface area (Å²) in [6.45, 7) is 0. The van der Waals surface area contributed by atoms with E-state index in [0.717, 1.165) is 11.5 Å². The quantitative estimate of drug-likeness (QED) is 0.772. The Morgan fingerprint density at radius 3 is 2.93 bits per heavy atom. The number of anilines is 1. The van der Waals surface area contributed by atoms with Crippen LogP contribution >= 0.6 is 11.5 Å². The zero-order chi connectivity index (χ0) is 9.97. The highest BCUT2D eigenvalue weighted by Gasteiger charge is 2.05. The molecular weight excluding hydrogens is 205 g/mol. The molecule has 0 saturated heterocycles. The molecule has 1 aromatic carbocycles. The van der Waals surface area contributed by atoms with Crippen LogP contribution in [0, 0.1) is 5.82 Å². The number of halogens is 1. The number of hydrogen-bond donors (Lipinski definition) is 1. The third-order valence-corrected chi connectivity index (χ3v) is 2.05. The van der Waals surface area contributed by atoms with Crippen molar-refractivity contribution in [1.82, 2.24) is 9.36 Å². The summed E-state index contributed by atoms with van der Waals surface area (Å²) in [7, 11) is 0. The number of hydrogen-bond acceptors (Lipinski definition) is 5. The maximum Gasteiger partial charge on any atom is 0.298 e. The molecule has 2 aromatic rings. The van der Waals surface area contributed by atoms with Gasteiger partial charge in [0.1, 0.15) is 12.1 Å². The number of nitrogens with two attached hydrogens (primary N) is 1. The van der Waals surface area contributed by atoms with Crippen molar-refractivity contribution in [3.8, 4) is 10.9 Å². The van der Waals surface area contributed by atoms with Crippen LogP contribution in [0.5, 0.6) is 10.9 Å². The molecule has 0 aliphatic carbocycles. The molecular formula is C8H6FN3OS. The molecule has 14 heavy (non-hydrogen) atoms. The minimum Gasteiger partial charge on any atom is -0.428 e. The molecule has 4 nitrogen and oxygen atoms in total. The average Bonchev–Trinajstić information content (AvgIpc) is 2.62. The Labute approximate surface area is 83.3 Å². The summed E-state index contributed by atoms with van der Waals surface area (Å²) in [5.41, 5.74) is 5.77. The van der Waals surface area contributed by atoms with Gasteiger partial charge in [-0.1, -0.05) is 0 Å². The lowest BCUT2D eigenvalue weighted by molar-refractivity contribution is 0.479. The lowest BCUT2D eigenvalue weighted by Gasteiger charge is -2.03. The van der Waals surface area contributed by atoms with E-state index >= 15 is 0 Å². The smallest absolute Gasteiger partial charge is 0.298 e. The number of benzene rings is 1. The highest BCUT2D eigenvalue weighted by atomic mass is 32.1. The molecule has 0 bridgehead atoms. The molecule has 1 aromatic heterocycles. The third kappa shape index (κ3) is 1.80. The van der Waals surface area contributed by atoms with Crippen molar-refractivity contribution in [3.63, 3.8) is 0 Å². The topological polar surface area (TPSA) is 61.0 Å². The molecule has 0 radical (unpaired) electrons. The Morgan fingerprint density at radius 2 is 2.29 bits per heavy atom. The summed E-state index contributed by atoms with van der Waals surface area (Å²) in [5, 5.41) is 0.378. The average molecular weight is 211 g/mol. The predicted molar refractivity (Wildman–Crippen MR) is 50.8 cm³/mol. The van der Waals surface area contributed by atoms with E-state index in [2.05, 4.69) is 9.36 Å². The van der Waals surface area contributed by atoms with Crippen molar-refractivity contribution in [2.24, 2.45) is 0 Å². The molecule has 2 N–H and O–H groups in total. The van der Waals surface area contributed by atoms with Crippen molar-refractivity contribution in [2.75, 3.05) is 5.73 Å². The second kappa shape index (κ2) is 3.59. The second-order valence-corrected chi connectivity index (χ2v) is 3.23. The van der Waals surface area contributed by atoms with Crippen molar-refractivity contribution < 1.29 is 9.13 Å². The SMILES string of the molecule is Nc1cc(F)ccc1Oc1ncns1. The Bertz CT molecular complexity index is 432. The Balaban J connectivity index is 2.25. The highest BCUT2D eigenvalue weighted by Crippen LogP contribution is 2.27. The first-order valence-corrected chi connectivity index (χ1v) is 4.52. The fourth-order valence-corrected chi connectivity index (χ4v) is 1.32. The summed E-state index contributed by atoms with van der Waals surface area (Å²) < 4.78 is 21.7. The lowest BCUT2D eigenvalue weighted by atomic mass is 10.3. The van der Waals surface area contributed by atoms with Crippen LogP contribution in [0.2, 0.25) is 0 Å². The van der Waals surface area contributed by atoms with E-state index in [1.54, 1.807) is 0 Å². The lowest BCUT2D eigenvalue weighted by Crippen LogP contribution is -1.92. The second-order valence-electron chi connectivity index (χ2n) is 2.49. The highest BCUT2D eigenvalue weighted by molar-refractivity contribution is 7.07. The van der Waals surface area contributed by atoms with Crippen LogP contribution in [0.15, 0.2) is 24.5 Å². The van der Waals surface area contributed by atoms with Gasteiger partial charge in [-0.2, -0.15) is 9.36 Å². The molecule has 0 aliphatic rings. The molecule has 6 heteroatoms. The van der Waals surface area contributed by atoms with Crippen molar-refractivity contribution in [3.05, 3.63) is 30.3 Å². The van der Waals surface area contributed by atoms with E-state index in [9.17, 15) is 4.39 Å². The molecule has 1 heterocycles. The van der Waals surface area contributed by atoms with Crippen LogP contribution in [0.4, 0.5) is 10.1 Å². The van der Waals surface area contributed by atoms with E-state index in [-0.39, 0.29) is 5.69 Å². The zero-order valence-electron chi connectivity index (χ0n) is 6.98. The molecule has 0 saturated carbocycles. The summed E-state index contributed by atoms with van der Waals surface area (Å²) in [4.78, 5) is 3.81. The zero-order valence-corrected chi connectivity index (χ0v) is 7.79. The van der Waals surface area contributed by atoms with Gasteiger partial charge < -0.3 is 10.5 Å². The fourth-order valence-electron chi connectivity index (χ4n) is 0.914. The maximum absolute atomic E-state index is 12.7. The molecule has 0 atom stereocenters. The summed E-state index contributed by atoms with van der Waals surface area (Å²) in [5.74, 6) is -0.0183. The summed E-state index contributed by atoms with van der Waals surface area (Å²) in [6, 6.07) is 3.91. The molecule has 0 spiro atoms. The Hall–Kier alpha value is -1.69. The van der Waals surface area contributed by atoms with Crippen LogP contribution in [-0.4, -0.2) is 9.36 Å². The van der Waals surface area contributed by atoms with Crippen LogP contribution in [-0.2, 0) is 0 Å². The largest absolute Gasteiger partial charge is 0.428 e. The van der Waals surface area contributed by atoms with Gasteiger partial charge in [0.15, 0.2) is 5.75 Å². The first-order chi connectivity index (χ1) is 6.75. The van der Waals surface area contributed by atoms with E-state index in [1.165, 1.54) is 24.5 Å². The van der Waals surface area contributed by atoms with Crippen LogP contribution in [0.3, 0.4) is 0 Å². The first-order valence-electron chi connectivity index (χ1n) is 3.75. The van der Waals surface area contributed by atoms with Gasteiger partial charge >= 0.3 is 0 Å². The molecule has 2 rings (SSSR count). The van der Waals surface area contributed by atoms with Gasteiger partial charge in [-0.25, -0.2) is 4.39 Å². The normalized spacial score (nSPS) is 10.1. The van der Waals surface area contributed by atoms with Crippen LogP contribution < -0.4 is 10.5 Å². The number of nitrogen functional groups attached to an aromatic ring is 1. The number of aromatic nitrogens is 2. The third-order valence-electron chi connectivity index (χ3n) is 1.51. The van der Waals surface area contributed by atoms with E-state index in [4.69, 9.17) is 10.5 Å². The number of rotatable bonds is 2. The fraction of sp³-hybridized carbons (Fsp3) is 0. The predicted octanol–water partition coefficient (Wildman–Crippen LogP) is 2.05. The number of ether oxygens (including phenoxy) is 1. The van der Waals surface area contributed by atoms with Gasteiger partial charge in [0.05, 0.1) is 5.69 Å². The molecule has 0 unspecified atom stereocenters. The van der Waals surface area contributed by atoms with Gasteiger partial charge in [-0.15, -0.1) is 0 Å². The van der Waals surface area contributed by atoms with E-state index in [1.807, 2.05) is 0 Å². The Kier molecular flexibility index (Phi) is 2.28. The van der Waals surface area contributed by atoms with E-state index in [0.29, 0.717) is 10.9 Å². The van der Waals surface area contributed by atoms with Gasteiger partial charge in [-0.05, 0) is 12.1 Å². The van der Waals surface area contributed by atoms with Gasteiger partial charge in [0, 0.05) is 17.6 Å². The van der Waals surface area contributed by atoms with E-state index < -0.39 is 5.82 Å². The maximum atomic E-state index is 12.7. The van der Waals surface area contributed by atoms with Gasteiger partial charge in [-0.3, -0.25) is 0 Å². The molecule has 0 amide bonds.